The normalized spacial score (nSPS) is 23.1. The summed E-state index contributed by atoms with van der Waals surface area (Å²) in [5.74, 6) is 0.00891. The van der Waals surface area contributed by atoms with Crippen LogP contribution < -0.4 is 0 Å². The Hall–Kier alpha value is -0.780. The first-order chi connectivity index (χ1) is 9.26. The van der Waals surface area contributed by atoms with Gasteiger partial charge in [0, 0.05) is 12.5 Å². The molecular formula is C14H20ClNO3S. The Labute approximate surface area is 128 Å². The number of hydrogen-bond donors (Lipinski definition) is 1. The van der Waals surface area contributed by atoms with Crippen molar-refractivity contribution in [2.75, 3.05) is 13.1 Å². The average molecular weight is 318 g/mol. The van der Waals surface area contributed by atoms with Crippen molar-refractivity contribution in [3.05, 3.63) is 21.3 Å². The van der Waals surface area contributed by atoms with Gasteiger partial charge in [0.05, 0.1) is 17.0 Å². The molecule has 1 fully saturated rings. The second kappa shape index (κ2) is 5.92. The summed E-state index contributed by atoms with van der Waals surface area (Å²) >= 11 is 7.57. The lowest BCUT2D eigenvalue weighted by molar-refractivity contribution is 0.0270. The maximum absolute atomic E-state index is 12.0. The fourth-order valence-corrected chi connectivity index (χ4v) is 3.23. The summed E-state index contributed by atoms with van der Waals surface area (Å²) in [6.45, 7) is 6.32. The van der Waals surface area contributed by atoms with E-state index in [0.717, 1.165) is 9.90 Å². The Kier molecular flexibility index (Phi) is 4.62. The van der Waals surface area contributed by atoms with Crippen LogP contribution in [-0.2, 0) is 11.2 Å². The van der Waals surface area contributed by atoms with Crippen molar-refractivity contribution < 1.29 is 14.6 Å². The number of halogens is 1. The van der Waals surface area contributed by atoms with Gasteiger partial charge in [-0.1, -0.05) is 11.6 Å². The van der Waals surface area contributed by atoms with E-state index in [1.165, 1.54) is 11.3 Å². The van der Waals surface area contributed by atoms with E-state index in [2.05, 4.69) is 0 Å². The largest absolute Gasteiger partial charge is 0.444 e. The molecule has 2 atom stereocenters. The van der Waals surface area contributed by atoms with Crippen LogP contribution in [0.4, 0.5) is 4.79 Å². The van der Waals surface area contributed by atoms with Crippen LogP contribution in [-0.4, -0.2) is 40.9 Å². The number of aliphatic hydroxyl groups is 1. The van der Waals surface area contributed by atoms with E-state index in [4.69, 9.17) is 16.3 Å². The molecule has 1 aromatic heterocycles. The molecule has 0 aliphatic carbocycles. The Morgan fingerprint density at radius 3 is 2.80 bits per heavy atom. The predicted molar refractivity (Wildman–Crippen MR) is 80.3 cm³/mol. The highest BCUT2D eigenvalue weighted by molar-refractivity contribution is 7.14. The van der Waals surface area contributed by atoms with Crippen molar-refractivity contribution in [2.24, 2.45) is 5.92 Å². The molecule has 0 bridgehead atoms. The van der Waals surface area contributed by atoms with E-state index in [0.29, 0.717) is 19.5 Å². The molecule has 6 heteroatoms. The third-order valence-electron chi connectivity index (χ3n) is 3.23. The summed E-state index contributed by atoms with van der Waals surface area (Å²) < 4.78 is 6.09. The molecule has 0 unspecified atom stereocenters. The summed E-state index contributed by atoms with van der Waals surface area (Å²) in [5.41, 5.74) is 0.517. The first-order valence-electron chi connectivity index (χ1n) is 6.64. The number of aliphatic hydroxyl groups excluding tert-OH is 1. The topological polar surface area (TPSA) is 49.8 Å². The lowest BCUT2D eigenvalue weighted by Gasteiger charge is -2.24. The Bertz CT molecular complexity index is 483. The number of carbonyl (C=O) groups is 1. The Balaban J connectivity index is 1.95. The highest BCUT2D eigenvalue weighted by atomic mass is 35.5. The smallest absolute Gasteiger partial charge is 0.410 e. The van der Waals surface area contributed by atoms with Crippen molar-refractivity contribution in [1.82, 2.24) is 4.90 Å². The average Bonchev–Trinajstić information content (AvgIpc) is 2.86. The van der Waals surface area contributed by atoms with Crippen LogP contribution in [0.1, 0.15) is 26.3 Å². The van der Waals surface area contributed by atoms with Crippen molar-refractivity contribution in [1.29, 1.82) is 0 Å². The molecule has 0 spiro atoms. The molecule has 4 nitrogen and oxygen atoms in total. The van der Waals surface area contributed by atoms with Gasteiger partial charge in [-0.25, -0.2) is 4.79 Å². The van der Waals surface area contributed by atoms with Crippen molar-refractivity contribution in [3.8, 4) is 0 Å². The van der Waals surface area contributed by atoms with E-state index in [1.54, 1.807) is 4.90 Å². The standard InChI is InChI=1S/C14H20ClNO3S/c1-14(2,3)19-13(18)16-7-10(11(17)8-16)6-9-4-5-20-12(9)15/h4-5,10-11,17H,6-8H2,1-3H3/t10-,11-/m1/s1. The number of carbonyl (C=O) groups excluding carboxylic acids is 1. The molecule has 20 heavy (non-hydrogen) atoms. The lowest BCUT2D eigenvalue weighted by atomic mass is 9.98. The van der Waals surface area contributed by atoms with E-state index < -0.39 is 11.7 Å². The second-order valence-corrected chi connectivity index (χ2v) is 7.65. The van der Waals surface area contributed by atoms with Gasteiger partial charge in [0.25, 0.3) is 0 Å². The fourth-order valence-electron chi connectivity index (χ4n) is 2.28. The number of likely N-dealkylation sites (tertiary alicyclic amines) is 1. The first kappa shape index (κ1) is 15.6. The summed E-state index contributed by atoms with van der Waals surface area (Å²) in [7, 11) is 0. The molecule has 1 aromatic rings. The molecule has 1 amide bonds. The number of hydrogen-bond acceptors (Lipinski definition) is 4. The maximum Gasteiger partial charge on any atom is 0.410 e. The third kappa shape index (κ3) is 3.87. The summed E-state index contributed by atoms with van der Waals surface area (Å²) in [6, 6.07) is 1.97. The van der Waals surface area contributed by atoms with Gasteiger partial charge in [-0.2, -0.15) is 0 Å². The minimum absolute atomic E-state index is 0.00891. The number of ether oxygens (including phenoxy) is 1. The van der Waals surface area contributed by atoms with E-state index in [-0.39, 0.29) is 12.0 Å². The molecular weight excluding hydrogens is 298 g/mol. The number of amides is 1. The number of rotatable bonds is 2. The van der Waals surface area contributed by atoms with E-state index in [1.807, 2.05) is 32.2 Å². The third-order valence-corrected chi connectivity index (χ3v) is 4.48. The van der Waals surface area contributed by atoms with Crippen LogP contribution >= 0.6 is 22.9 Å². The van der Waals surface area contributed by atoms with Crippen LogP contribution in [0, 0.1) is 5.92 Å². The molecule has 0 aromatic carbocycles. The molecule has 0 saturated carbocycles. The first-order valence-corrected chi connectivity index (χ1v) is 7.90. The highest BCUT2D eigenvalue weighted by Gasteiger charge is 2.36. The summed E-state index contributed by atoms with van der Waals surface area (Å²) in [6.07, 6.45) is -0.211. The van der Waals surface area contributed by atoms with Crippen molar-refractivity contribution >= 4 is 29.0 Å². The van der Waals surface area contributed by atoms with Gasteiger partial charge in [0.15, 0.2) is 0 Å². The minimum atomic E-state index is -0.529. The zero-order valence-electron chi connectivity index (χ0n) is 11.9. The zero-order chi connectivity index (χ0) is 14.9. The van der Waals surface area contributed by atoms with Crippen molar-refractivity contribution in [3.63, 3.8) is 0 Å². The van der Waals surface area contributed by atoms with Gasteiger partial charge < -0.3 is 14.7 Å². The highest BCUT2D eigenvalue weighted by Crippen LogP contribution is 2.29. The van der Waals surface area contributed by atoms with Gasteiger partial charge in [-0.3, -0.25) is 0 Å². The zero-order valence-corrected chi connectivity index (χ0v) is 13.5. The number of β-amino-alcohol motifs (C(OH)–C–C–N with tert-alkyl or cyclic N) is 1. The fraction of sp³-hybridized carbons (Fsp3) is 0.643. The van der Waals surface area contributed by atoms with Gasteiger partial charge in [-0.15, -0.1) is 11.3 Å². The maximum atomic E-state index is 12.0. The number of thiophene rings is 1. The van der Waals surface area contributed by atoms with Crippen LogP contribution in [0.3, 0.4) is 0 Å². The monoisotopic (exact) mass is 317 g/mol. The summed E-state index contributed by atoms with van der Waals surface area (Å²) in [4.78, 5) is 13.6. The Morgan fingerprint density at radius 2 is 2.25 bits per heavy atom. The molecule has 2 rings (SSSR count). The van der Waals surface area contributed by atoms with Crippen LogP contribution in [0.15, 0.2) is 11.4 Å². The Morgan fingerprint density at radius 1 is 1.55 bits per heavy atom. The van der Waals surface area contributed by atoms with Crippen molar-refractivity contribution in [2.45, 2.75) is 38.9 Å². The number of nitrogens with zero attached hydrogens (tertiary/aromatic N) is 1. The van der Waals surface area contributed by atoms with Crippen LogP contribution in [0.25, 0.3) is 0 Å². The van der Waals surface area contributed by atoms with Gasteiger partial charge >= 0.3 is 6.09 Å². The van der Waals surface area contributed by atoms with E-state index in [9.17, 15) is 9.90 Å². The quantitative estimate of drug-likeness (QED) is 0.911. The SMILES string of the molecule is CC(C)(C)OC(=O)N1C[C@@H](Cc2ccsc2Cl)[C@H](O)C1. The van der Waals surface area contributed by atoms with Crippen LogP contribution in [0.2, 0.25) is 4.34 Å². The predicted octanol–water partition coefficient (Wildman–Crippen LogP) is 3.17. The lowest BCUT2D eigenvalue weighted by Crippen LogP contribution is -2.35. The molecule has 2 heterocycles. The van der Waals surface area contributed by atoms with Crippen LogP contribution in [0.5, 0.6) is 0 Å². The molecule has 112 valence electrons. The summed E-state index contributed by atoms with van der Waals surface area (Å²) in [5, 5.41) is 12.0. The second-order valence-electron chi connectivity index (χ2n) is 6.14. The van der Waals surface area contributed by atoms with E-state index >= 15 is 0 Å². The molecule has 1 N–H and O–H groups in total. The van der Waals surface area contributed by atoms with Gasteiger partial charge in [-0.05, 0) is 44.2 Å². The van der Waals surface area contributed by atoms with Gasteiger partial charge in [0.2, 0.25) is 0 Å². The minimum Gasteiger partial charge on any atom is -0.444 e. The molecule has 0 radical (unpaired) electrons. The molecule has 1 saturated heterocycles. The molecule has 1 aliphatic rings. The molecule has 1 aliphatic heterocycles. The van der Waals surface area contributed by atoms with Gasteiger partial charge in [0.1, 0.15) is 5.60 Å².